The molecule has 0 spiro atoms. The van der Waals surface area contributed by atoms with E-state index in [2.05, 4.69) is 45.6 Å². The molecule has 0 amide bonds. The third kappa shape index (κ3) is 13.4. The molecule has 5 aliphatic heterocycles. The van der Waals surface area contributed by atoms with Crippen molar-refractivity contribution in [3.05, 3.63) is 144 Å². The Morgan fingerprint density at radius 2 is 0.493 bits per heavy atom. The Kier molecular flexibility index (Phi) is 21.5. The molecule has 0 aromatic heterocycles. The first kappa shape index (κ1) is 61.3. The fourth-order valence-electron chi connectivity index (χ4n) is 11.0. The van der Waals surface area contributed by atoms with Crippen LogP contribution in [0.15, 0.2) is 141 Å². The van der Waals surface area contributed by atoms with Gasteiger partial charge in [0.1, 0.15) is 40.5 Å². The third-order valence-corrected chi connectivity index (χ3v) is 17.1. The first-order chi connectivity index (χ1) is 30.2. The Labute approximate surface area is 491 Å². The van der Waals surface area contributed by atoms with Crippen LogP contribution in [-0.4, -0.2) is 106 Å². The van der Waals surface area contributed by atoms with E-state index >= 15 is 0 Å². The van der Waals surface area contributed by atoms with E-state index in [1.165, 1.54) is 48.5 Å². The summed E-state index contributed by atoms with van der Waals surface area (Å²) in [6.07, 6.45) is 10.9. The molecule has 3 saturated heterocycles. The molecule has 0 radical (unpaired) electrons. The van der Waals surface area contributed by atoms with Crippen LogP contribution in [-0.2, 0) is 40.5 Å². The van der Waals surface area contributed by atoms with Gasteiger partial charge >= 0.3 is 118 Å². The zero-order valence-electron chi connectivity index (χ0n) is 38.3. The molecule has 5 aliphatic rings. The van der Waals surface area contributed by atoms with Gasteiger partial charge < -0.3 is 45.0 Å². The molecule has 25 heteroatoms. The van der Waals surface area contributed by atoms with E-state index in [-0.39, 0.29) is 215 Å². The number of fused-ring (bicyclic) bond motifs is 8. The van der Waals surface area contributed by atoms with Crippen LogP contribution >= 0.6 is 0 Å². The predicted octanol–water partition coefficient (Wildman–Crippen LogP) is -10.0. The van der Waals surface area contributed by atoms with Gasteiger partial charge in [0.2, 0.25) is 0 Å². The van der Waals surface area contributed by atoms with Gasteiger partial charge in [-0.25, -0.2) is 33.7 Å². The second-order valence-corrected chi connectivity index (χ2v) is 22.8. The van der Waals surface area contributed by atoms with E-state index in [0.717, 1.165) is 22.3 Å². The normalized spacial score (nSPS) is 29.6. The van der Waals surface area contributed by atoms with Crippen LogP contribution in [0.1, 0.15) is 71.6 Å². The number of hydrogen-bond donors (Lipinski definition) is 4. The smallest absolute Gasteiger partial charge is 0.744 e. The third-order valence-electron chi connectivity index (χ3n) is 13.8. The maximum atomic E-state index is 12.0. The Bertz CT molecular complexity index is 2540. The largest absolute Gasteiger partial charge is 1.00 e. The van der Waals surface area contributed by atoms with E-state index < -0.39 is 40.5 Å². The number of hydrogen-bond acceptors (Lipinski definition) is 16. The van der Waals surface area contributed by atoms with E-state index in [9.17, 15) is 51.9 Å². The first-order valence-corrected chi connectivity index (χ1v) is 26.5. The molecule has 8 bridgehead atoms. The van der Waals surface area contributed by atoms with Crippen LogP contribution in [0.3, 0.4) is 0 Å². The molecule has 4 aromatic rings. The topological polar surface area (TPSA) is 308 Å². The van der Waals surface area contributed by atoms with Gasteiger partial charge in [-0.3, -0.25) is 0 Å². The van der Waals surface area contributed by atoms with Crippen LogP contribution in [0, 0.1) is 0 Å². The summed E-state index contributed by atoms with van der Waals surface area (Å²) in [7, 11) is -18.9. The van der Waals surface area contributed by atoms with Crippen LogP contribution in [0.4, 0.5) is 0 Å². The minimum atomic E-state index is -4.73. The van der Waals surface area contributed by atoms with Gasteiger partial charge in [0.25, 0.3) is 0 Å². The van der Waals surface area contributed by atoms with Gasteiger partial charge in [0, 0.05) is 72.0 Å². The van der Waals surface area contributed by atoms with Crippen LogP contribution in [0.25, 0.3) is 0 Å². The van der Waals surface area contributed by atoms with Crippen molar-refractivity contribution in [2.75, 3.05) is 0 Å². The zero-order valence-corrected chi connectivity index (χ0v) is 49.6. The Morgan fingerprint density at radius 3 is 0.652 bits per heavy atom. The molecule has 0 saturated carbocycles. The minimum absolute atomic E-state index is 0. The number of rotatable bonds is 8. The van der Waals surface area contributed by atoms with Crippen molar-refractivity contribution in [1.29, 1.82) is 0 Å². The van der Waals surface area contributed by atoms with Crippen molar-refractivity contribution in [3.63, 3.8) is 0 Å². The Morgan fingerprint density at radius 1 is 0.319 bits per heavy atom. The summed E-state index contributed by atoms with van der Waals surface area (Å²) >= 11 is 0. The van der Waals surface area contributed by atoms with Crippen molar-refractivity contribution in [3.8, 4) is 0 Å². The standard InChI is InChI=1S/C44H48N4O12S4.4Na.H2O/c49-61(50,51)29-9-1-25(2-10-29)41-33-17-19-35(45-33)42(26-3-11-30(12-4-26)62(52,53)54)37-21-23-39(47-37)44(28-7-15-32(16-8-28)64(58,59)60)40-24-22-38(48-40)43(36-20-18-34(41)46-36)27-5-13-31(14-6-27)63(55,56)57;;;;;/h1-17,19,22,24,33-48H,18,20-21,23H2,(H,49,50,51)(H,52,53,54)(H,55,56,57)(H,58,59,60);;;;;1H2/q;4*+1;/p-4. The maximum absolute atomic E-state index is 12.0. The number of nitrogens with one attached hydrogen (secondary N) is 4. The molecular formula is C44H46N4Na4O13S4. The van der Waals surface area contributed by atoms with Crippen LogP contribution in [0.5, 0.6) is 0 Å². The predicted molar refractivity (Wildman–Crippen MR) is 232 cm³/mol. The van der Waals surface area contributed by atoms with Gasteiger partial charge in [-0.05, 0) is 96.5 Å². The van der Waals surface area contributed by atoms with E-state index in [0.29, 0.717) is 25.7 Å². The molecule has 5 heterocycles. The summed E-state index contributed by atoms with van der Waals surface area (Å²) < 4.78 is 144. The van der Waals surface area contributed by atoms with Crippen molar-refractivity contribution < 1.29 is 176 Å². The monoisotopic (exact) mass is 1060 g/mol. The molecule has 12 unspecified atom stereocenters. The van der Waals surface area contributed by atoms with Gasteiger partial charge in [-0.2, -0.15) is 0 Å². The molecule has 4 aromatic carbocycles. The van der Waals surface area contributed by atoms with Crippen molar-refractivity contribution in [2.24, 2.45) is 0 Å². The van der Waals surface area contributed by atoms with Gasteiger partial charge in [-0.15, -0.1) is 0 Å². The van der Waals surface area contributed by atoms with Crippen molar-refractivity contribution in [2.45, 2.75) is 117 Å². The average molecular weight is 1060 g/mol. The summed E-state index contributed by atoms with van der Waals surface area (Å²) in [6, 6.07) is 21.5. The van der Waals surface area contributed by atoms with Crippen LogP contribution < -0.4 is 139 Å². The van der Waals surface area contributed by atoms with E-state index in [1.807, 2.05) is 0 Å². The molecule has 17 nitrogen and oxygen atoms in total. The Hall–Kier alpha value is -0.200. The molecule has 12 atom stereocenters. The SMILES string of the molecule is O.O=S(=O)([O-])c1ccc(C2C3C=CC(N3)C(c3ccc(S(=O)(=O)[O-])cc3)C3CCC(N3)C(c3ccc(S(=O)(=O)[O-])cc3)C3C=CC(N3)C(c3ccc(S(=O)(=O)[O-])cc3)C3CCC2N3)cc1.[Na+].[Na+].[Na+].[Na+]. The Balaban J connectivity index is 0.00000207. The van der Waals surface area contributed by atoms with Gasteiger partial charge in [0.15, 0.2) is 0 Å². The average Bonchev–Trinajstić information content (AvgIpc) is 4.08. The second kappa shape index (κ2) is 24.2. The van der Waals surface area contributed by atoms with E-state index in [1.54, 1.807) is 48.5 Å². The summed E-state index contributed by atoms with van der Waals surface area (Å²) in [5.74, 6) is -1.23. The second-order valence-electron chi connectivity index (χ2n) is 17.3. The molecular weight excluding hydrogens is 1010 g/mol. The molecule has 6 N–H and O–H groups in total. The quantitative estimate of drug-likeness (QED) is 0.0724. The zero-order chi connectivity index (χ0) is 45.3. The number of benzene rings is 4. The first-order valence-electron chi connectivity index (χ1n) is 20.9. The van der Waals surface area contributed by atoms with Gasteiger partial charge in [0.05, 0.1) is 19.6 Å². The minimum Gasteiger partial charge on any atom is -0.744 e. The molecule has 9 rings (SSSR count). The van der Waals surface area contributed by atoms with E-state index in [4.69, 9.17) is 0 Å². The molecule has 348 valence electrons. The van der Waals surface area contributed by atoms with Crippen molar-refractivity contribution in [1.82, 2.24) is 21.3 Å². The molecule has 0 aliphatic carbocycles. The fourth-order valence-corrected chi connectivity index (χ4v) is 12.8. The van der Waals surface area contributed by atoms with Crippen molar-refractivity contribution >= 4 is 40.5 Å². The fraction of sp³-hybridized carbons (Fsp3) is 0.364. The van der Waals surface area contributed by atoms with Crippen LogP contribution in [0.2, 0.25) is 0 Å². The summed E-state index contributed by atoms with van der Waals surface area (Å²) in [5.41, 5.74) is 3.09. The summed E-state index contributed by atoms with van der Waals surface area (Å²) in [4.78, 5) is -1.44. The molecule has 69 heavy (non-hydrogen) atoms. The summed E-state index contributed by atoms with van der Waals surface area (Å²) in [6.45, 7) is 0. The molecule has 3 fully saturated rings. The summed E-state index contributed by atoms with van der Waals surface area (Å²) in [5, 5.41) is 15.4. The van der Waals surface area contributed by atoms with Gasteiger partial charge in [-0.1, -0.05) is 72.8 Å². The maximum Gasteiger partial charge on any atom is 1.00 e.